The van der Waals surface area contributed by atoms with Gasteiger partial charge in [-0.15, -0.1) is 0 Å². The Kier molecular flexibility index (Phi) is 4.39. The minimum atomic E-state index is -0.0469. The molecule has 0 saturated heterocycles. The van der Waals surface area contributed by atoms with Gasteiger partial charge in [0.1, 0.15) is 0 Å². The Hall–Kier alpha value is -0.570. The zero-order valence-electron chi connectivity index (χ0n) is 9.47. The maximum atomic E-state index is 11.5. The molecular formula is C11H22N2O. The summed E-state index contributed by atoms with van der Waals surface area (Å²) in [7, 11) is 0. The van der Waals surface area contributed by atoms with Gasteiger partial charge in [0.2, 0.25) is 5.91 Å². The van der Waals surface area contributed by atoms with Gasteiger partial charge in [-0.3, -0.25) is 4.79 Å². The number of carbonyl (C=O) groups is 1. The van der Waals surface area contributed by atoms with Crippen LogP contribution in [0, 0.1) is 5.92 Å². The Morgan fingerprint density at radius 3 is 2.50 bits per heavy atom. The zero-order chi connectivity index (χ0) is 10.6. The third-order valence-corrected chi connectivity index (χ3v) is 2.49. The van der Waals surface area contributed by atoms with Crippen LogP contribution in [-0.4, -0.2) is 24.5 Å². The van der Waals surface area contributed by atoms with E-state index < -0.39 is 0 Å². The van der Waals surface area contributed by atoms with Gasteiger partial charge in [0.15, 0.2) is 0 Å². The van der Waals surface area contributed by atoms with E-state index in [0.29, 0.717) is 12.0 Å². The van der Waals surface area contributed by atoms with Crippen molar-refractivity contribution >= 4 is 5.91 Å². The summed E-state index contributed by atoms with van der Waals surface area (Å²) in [4.78, 5) is 11.5. The number of hydrogen-bond acceptors (Lipinski definition) is 2. The molecule has 2 N–H and O–H groups in total. The zero-order valence-corrected chi connectivity index (χ0v) is 9.47. The Labute approximate surface area is 86.6 Å². The Balaban J connectivity index is 2.06. The highest BCUT2D eigenvalue weighted by atomic mass is 16.2. The maximum absolute atomic E-state index is 11.5. The van der Waals surface area contributed by atoms with Gasteiger partial charge in [-0.05, 0) is 38.6 Å². The van der Waals surface area contributed by atoms with Gasteiger partial charge in [-0.2, -0.15) is 0 Å². The predicted octanol–water partition coefficient (Wildman–Crippen LogP) is 1.29. The summed E-state index contributed by atoms with van der Waals surface area (Å²) >= 11 is 0. The maximum Gasteiger partial charge on any atom is 0.237 e. The smallest absolute Gasteiger partial charge is 0.237 e. The molecular weight excluding hydrogens is 176 g/mol. The molecule has 1 saturated carbocycles. The average Bonchev–Trinajstić information content (AvgIpc) is 2.87. The minimum absolute atomic E-state index is 0.0469. The van der Waals surface area contributed by atoms with Crippen LogP contribution in [0.3, 0.4) is 0 Å². The van der Waals surface area contributed by atoms with Crippen LogP contribution in [0.1, 0.15) is 40.0 Å². The van der Waals surface area contributed by atoms with E-state index in [1.807, 2.05) is 6.92 Å². The minimum Gasteiger partial charge on any atom is -0.352 e. The third kappa shape index (κ3) is 4.61. The summed E-state index contributed by atoms with van der Waals surface area (Å²) in [6.07, 6.45) is 3.44. The molecule has 14 heavy (non-hydrogen) atoms. The molecule has 0 radical (unpaired) electrons. The van der Waals surface area contributed by atoms with Crippen LogP contribution in [0.15, 0.2) is 0 Å². The van der Waals surface area contributed by atoms with E-state index in [0.717, 1.165) is 25.8 Å². The summed E-state index contributed by atoms with van der Waals surface area (Å²) in [5.41, 5.74) is 0. The van der Waals surface area contributed by atoms with Crippen molar-refractivity contribution in [3.8, 4) is 0 Å². The molecule has 82 valence electrons. The van der Waals surface area contributed by atoms with Gasteiger partial charge in [-0.25, -0.2) is 0 Å². The molecule has 1 amide bonds. The first-order valence-electron chi connectivity index (χ1n) is 5.63. The van der Waals surface area contributed by atoms with E-state index >= 15 is 0 Å². The van der Waals surface area contributed by atoms with Crippen molar-refractivity contribution in [2.75, 3.05) is 6.54 Å². The van der Waals surface area contributed by atoms with Crippen molar-refractivity contribution in [1.29, 1.82) is 0 Å². The van der Waals surface area contributed by atoms with Gasteiger partial charge in [0.05, 0.1) is 6.04 Å². The van der Waals surface area contributed by atoms with Crippen molar-refractivity contribution in [3.05, 3.63) is 0 Å². The average molecular weight is 198 g/mol. The first-order valence-corrected chi connectivity index (χ1v) is 5.63. The lowest BCUT2D eigenvalue weighted by Crippen LogP contribution is -2.43. The van der Waals surface area contributed by atoms with Crippen molar-refractivity contribution < 1.29 is 4.79 Å². The SMILES string of the molecule is CC(C)CCNC(C)C(=O)NC1CC1. The normalized spacial score (nSPS) is 18.3. The number of carbonyl (C=O) groups excluding carboxylic acids is 1. The van der Waals surface area contributed by atoms with Gasteiger partial charge < -0.3 is 10.6 Å². The predicted molar refractivity (Wildman–Crippen MR) is 58.1 cm³/mol. The Morgan fingerprint density at radius 1 is 1.36 bits per heavy atom. The van der Waals surface area contributed by atoms with Gasteiger partial charge in [0, 0.05) is 6.04 Å². The summed E-state index contributed by atoms with van der Waals surface area (Å²) < 4.78 is 0. The fourth-order valence-electron chi connectivity index (χ4n) is 1.24. The van der Waals surface area contributed by atoms with E-state index in [2.05, 4.69) is 24.5 Å². The van der Waals surface area contributed by atoms with E-state index in [4.69, 9.17) is 0 Å². The number of nitrogens with one attached hydrogen (secondary N) is 2. The van der Waals surface area contributed by atoms with Gasteiger partial charge in [0.25, 0.3) is 0 Å². The quantitative estimate of drug-likeness (QED) is 0.675. The van der Waals surface area contributed by atoms with Crippen LogP contribution in [0.5, 0.6) is 0 Å². The van der Waals surface area contributed by atoms with Crippen molar-refractivity contribution in [3.63, 3.8) is 0 Å². The molecule has 1 fully saturated rings. The molecule has 0 spiro atoms. The monoisotopic (exact) mass is 198 g/mol. The fraction of sp³-hybridized carbons (Fsp3) is 0.909. The molecule has 0 aliphatic heterocycles. The second-order valence-electron chi connectivity index (χ2n) is 4.64. The molecule has 1 aliphatic rings. The number of rotatable bonds is 6. The lowest BCUT2D eigenvalue weighted by molar-refractivity contribution is -0.122. The molecule has 0 aromatic carbocycles. The summed E-state index contributed by atoms with van der Waals surface area (Å²) in [5, 5.41) is 6.23. The van der Waals surface area contributed by atoms with Crippen molar-refractivity contribution in [2.45, 2.75) is 52.1 Å². The lowest BCUT2D eigenvalue weighted by atomic mass is 10.1. The van der Waals surface area contributed by atoms with Crippen LogP contribution in [0.4, 0.5) is 0 Å². The van der Waals surface area contributed by atoms with Crippen LogP contribution in [0.25, 0.3) is 0 Å². The second kappa shape index (κ2) is 5.35. The highest BCUT2D eigenvalue weighted by Gasteiger charge is 2.25. The molecule has 1 atom stereocenters. The second-order valence-corrected chi connectivity index (χ2v) is 4.64. The van der Waals surface area contributed by atoms with Crippen molar-refractivity contribution in [2.24, 2.45) is 5.92 Å². The Bertz CT molecular complexity index is 188. The third-order valence-electron chi connectivity index (χ3n) is 2.49. The molecule has 3 heteroatoms. The molecule has 3 nitrogen and oxygen atoms in total. The fourth-order valence-corrected chi connectivity index (χ4v) is 1.24. The number of amides is 1. The first-order chi connectivity index (χ1) is 6.59. The lowest BCUT2D eigenvalue weighted by Gasteiger charge is -2.14. The van der Waals surface area contributed by atoms with E-state index in [-0.39, 0.29) is 11.9 Å². The topological polar surface area (TPSA) is 41.1 Å². The van der Waals surface area contributed by atoms with E-state index in [1.54, 1.807) is 0 Å². The highest BCUT2D eigenvalue weighted by Crippen LogP contribution is 2.18. The van der Waals surface area contributed by atoms with Crippen LogP contribution >= 0.6 is 0 Å². The van der Waals surface area contributed by atoms with Crippen LogP contribution in [-0.2, 0) is 4.79 Å². The van der Waals surface area contributed by atoms with Crippen molar-refractivity contribution in [1.82, 2.24) is 10.6 Å². The molecule has 0 heterocycles. The molecule has 0 bridgehead atoms. The highest BCUT2D eigenvalue weighted by molar-refractivity contribution is 5.81. The standard InChI is InChI=1S/C11H22N2O/c1-8(2)6-7-12-9(3)11(14)13-10-4-5-10/h8-10,12H,4-7H2,1-3H3,(H,13,14). The van der Waals surface area contributed by atoms with Gasteiger partial charge in [-0.1, -0.05) is 13.8 Å². The first kappa shape index (κ1) is 11.5. The molecule has 1 unspecified atom stereocenters. The molecule has 0 aromatic rings. The summed E-state index contributed by atoms with van der Waals surface area (Å²) in [6, 6.07) is 0.422. The summed E-state index contributed by atoms with van der Waals surface area (Å²) in [5.74, 6) is 0.845. The van der Waals surface area contributed by atoms with Crippen LogP contribution < -0.4 is 10.6 Å². The van der Waals surface area contributed by atoms with Gasteiger partial charge >= 0.3 is 0 Å². The largest absolute Gasteiger partial charge is 0.352 e. The summed E-state index contributed by atoms with van der Waals surface area (Å²) in [6.45, 7) is 7.24. The number of hydrogen-bond donors (Lipinski definition) is 2. The Morgan fingerprint density at radius 2 is 2.00 bits per heavy atom. The molecule has 0 aromatic heterocycles. The molecule has 1 aliphatic carbocycles. The van der Waals surface area contributed by atoms with E-state index in [9.17, 15) is 4.79 Å². The van der Waals surface area contributed by atoms with E-state index in [1.165, 1.54) is 0 Å². The molecule has 1 rings (SSSR count). The van der Waals surface area contributed by atoms with Crippen LogP contribution in [0.2, 0.25) is 0 Å².